The second kappa shape index (κ2) is 5.93. The summed E-state index contributed by atoms with van der Waals surface area (Å²) < 4.78 is 25.4. The van der Waals surface area contributed by atoms with Gasteiger partial charge in [0.2, 0.25) is 0 Å². The normalized spacial score (nSPS) is 26.0. The van der Waals surface area contributed by atoms with Crippen LogP contribution >= 0.6 is 0 Å². The molecule has 116 valence electrons. The molecule has 4 heteroatoms. The van der Waals surface area contributed by atoms with Crippen LogP contribution in [0.1, 0.15) is 57.1 Å². The monoisotopic (exact) mass is 294 g/mol. The second-order valence-corrected chi connectivity index (χ2v) is 6.33. The Balaban J connectivity index is 1.74. The van der Waals surface area contributed by atoms with Crippen LogP contribution in [0, 0.1) is 5.82 Å². The van der Waals surface area contributed by atoms with Crippen molar-refractivity contribution in [2.75, 3.05) is 6.61 Å². The molecule has 1 spiro atoms. The number of halogens is 1. The highest BCUT2D eigenvalue weighted by Gasteiger charge is 2.40. The van der Waals surface area contributed by atoms with Gasteiger partial charge >= 0.3 is 0 Å². The van der Waals surface area contributed by atoms with Gasteiger partial charge in [-0.05, 0) is 38.0 Å². The first-order valence-corrected chi connectivity index (χ1v) is 7.86. The van der Waals surface area contributed by atoms with Gasteiger partial charge in [-0.3, -0.25) is 0 Å². The third kappa shape index (κ3) is 3.22. The van der Waals surface area contributed by atoms with E-state index in [9.17, 15) is 9.50 Å². The summed E-state index contributed by atoms with van der Waals surface area (Å²) in [5.74, 6) is 0.240. The molecule has 2 atom stereocenters. The van der Waals surface area contributed by atoms with Gasteiger partial charge in [-0.15, -0.1) is 0 Å². The molecule has 1 aliphatic carbocycles. The molecule has 1 aromatic carbocycles. The smallest absolute Gasteiger partial charge is 0.125 e. The molecule has 1 N–H and O–H groups in total. The van der Waals surface area contributed by atoms with Gasteiger partial charge in [-0.2, -0.15) is 0 Å². The van der Waals surface area contributed by atoms with Crippen molar-refractivity contribution in [2.24, 2.45) is 0 Å². The van der Waals surface area contributed by atoms with Gasteiger partial charge in [-0.1, -0.05) is 12.8 Å². The number of benzene rings is 1. The summed E-state index contributed by atoms with van der Waals surface area (Å²) in [5.41, 5.74) is 0.510. The maximum absolute atomic E-state index is 13.3. The summed E-state index contributed by atoms with van der Waals surface area (Å²) in [4.78, 5) is 0. The molecule has 0 aromatic heterocycles. The Morgan fingerprint density at radius 2 is 2.14 bits per heavy atom. The van der Waals surface area contributed by atoms with Crippen LogP contribution in [0.3, 0.4) is 0 Å². The molecule has 1 aliphatic heterocycles. The Bertz CT molecular complexity index is 495. The minimum Gasteiger partial charge on any atom is -0.490 e. The molecule has 3 rings (SSSR count). The predicted octanol–water partition coefficient (Wildman–Crippen LogP) is 3.75. The van der Waals surface area contributed by atoms with Gasteiger partial charge in [0.25, 0.3) is 0 Å². The predicted molar refractivity (Wildman–Crippen MR) is 77.8 cm³/mol. The van der Waals surface area contributed by atoms with Crippen LogP contribution < -0.4 is 4.74 Å². The number of hydrogen-bond donors (Lipinski definition) is 1. The average Bonchev–Trinajstić information content (AvgIpc) is 2.88. The topological polar surface area (TPSA) is 38.7 Å². The Morgan fingerprint density at radius 1 is 1.38 bits per heavy atom. The van der Waals surface area contributed by atoms with Crippen LogP contribution in [0.25, 0.3) is 0 Å². The molecule has 2 unspecified atom stereocenters. The van der Waals surface area contributed by atoms with Gasteiger partial charge in [0.05, 0.1) is 18.3 Å². The second-order valence-electron chi connectivity index (χ2n) is 6.33. The Morgan fingerprint density at radius 3 is 2.86 bits per heavy atom. The fraction of sp³-hybridized carbons (Fsp3) is 0.647. The number of aliphatic hydroxyl groups is 1. The lowest BCUT2D eigenvalue weighted by Crippen LogP contribution is -2.41. The van der Waals surface area contributed by atoms with Crippen LogP contribution in [-0.4, -0.2) is 23.4 Å². The molecular weight excluding hydrogens is 271 g/mol. The van der Waals surface area contributed by atoms with E-state index >= 15 is 0 Å². The molecule has 1 aromatic rings. The third-order valence-electron chi connectivity index (χ3n) is 4.68. The lowest BCUT2D eigenvalue weighted by atomic mass is 9.90. The molecule has 2 fully saturated rings. The van der Waals surface area contributed by atoms with E-state index in [4.69, 9.17) is 9.47 Å². The molecule has 1 saturated heterocycles. The number of rotatable bonds is 3. The van der Waals surface area contributed by atoms with Gasteiger partial charge in [0.1, 0.15) is 17.7 Å². The van der Waals surface area contributed by atoms with Crippen molar-refractivity contribution in [1.29, 1.82) is 0 Å². The van der Waals surface area contributed by atoms with E-state index in [1.54, 1.807) is 13.0 Å². The van der Waals surface area contributed by atoms with Crippen molar-refractivity contribution in [3.05, 3.63) is 29.6 Å². The molecule has 0 radical (unpaired) electrons. The minimum atomic E-state index is -0.740. The maximum Gasteiger partial charge on any atom is 0.125 e. The number of aliphatic hydroxyl groups excluding tert-OH is 1. The summed E-state index contributed by atoms with van der Waals surface area (Å²) >= 11 is 0. The van der Waals surface area contributed by atoms with E-state index in [0.29, 0.717) is 11.3 Å². The van der Waals surface area contributed by atoms with Crippen LogP contribution in [0.4, 0.5) is 4.39 Å². The lowest BCUT2D eigenvalue weighted by Gasteiger charge is -2.38. The van der Waals surface area contributed by atoms with E-state index < -0.39 is 6.10 Å². The zero-order valence-electron chi connectivity index (χ0n) is 12.5. The Kier molecular flexibility index (Phi) is 4.18. The summed E-state index contributed by atoms with van der Waals surface area (Å²) in [7, 11) is 0. The van der Waals surface area contributed by atoms with Crippen molar-refractivity contribution in [2.45, 2.75) is 63.3 Å². The molecule has 2 aliphatic rings. The fourth-order valence-corrected chi connectivity index (χ4v) is 3.58. The number of hydrogen-bond acceptors (Lipinski definition) is 3. The molecule has 1 saturated carbocycles. The van der Waals surface area contributed by atoms with Crippen molar-refractivity contribution < 1.29 is 19.0 Å². The van der Waals surface area contributed by atoms with Crippen molar-refractivity contribution in [3.63, 3.8) is 0 Å². The SMILES string of the molecule is CC(O)c1cc(F)ccc1OC1CCOC2(CCCC2)C1. The van der Waals surface area contributed by atoms with E-state index in [-0.39, 0.29) is 17.5 Å². The van der Waals surface area contributed by atoms with Crippen LogP contribution in [-0.2, 0) is 4.74 Å². The van der Waals surface area contributed by atoms with E-state index in [1.807, 2.05) is 0 Å². The zero-order chi connectivity index (χ0) is 14.9. The third-order valence-corrected chi connectivity index (χ3v) is 4.68. The molecular formula is C17H23FO3. The van der Waals surface area contributed by atoms with Crippen molar-refractivity contribution in [1.82, 2.24) is 0 Å². The van der Waals surface area contributed by atoms with Crippen LogP contribution in [0.15, 0.2) is 18.2 Å². The Labute approximate surface area is 125 Å². The molecule has 0 bridgehead atoms. The molecule has 3 nitrogen and oxygen atoms in total. The first-order chi connectivity index (χ1) is 10.1. The minimum absolute atomic E-state index is 0.00601. The highest BCUT2D eigenvalue weighted by atomic mass is 19.1. The summed E-state index contributed by atoms with van der Waals surface area (Å²) in [6.45, 7) is 2.35. The molecule has 21 heavy (non-hydrogen) atoms. The Hall–Kier alpha value is -1.13. The fourth-order valence-electron chi connectivity index (χ4n) is 3.58. The lowest BCUT2D eigenvalue weighted by molar-refractivity contribution is -0.108. The van der Waals surface area contributed by atoms with Gasteiger partial charge in [0.15, 0.2) is 0 Å². The van der Waals surface area contributed by atoms with Crippen LogP contribution in [0.2, 0.25) is 0 Å². The van der Waals surface area contributed by atoms with E-state index in [0.717, 1.165) is 32.3 Å². The average molecular weight is 294 g/mol. The first-order valence-electron chi connectivity index (χ1n) is 7.86. The summed E-state index contributed by atoms with van der Waals surface area (Å²) in [6, 6.07) is 4.35. The summed E-state index contributed by atoms with van der Waals surface area (Å²) in [6.07, 6.45) is 5.75. The first kappa shape index (κ1) is 14.8. The largest absolute Gasteiger partial charge is 0.490 e. The van der Waals surface area contributed by atoms with Crippen molar-refractivity contribution in [3.8, 4) is 5.75 Å². The highest BCUT2D eigenvalue weighted by molar-refractivity contribution is 5.35. The van der Waals surface area contributed by atoms with Crippen LogP contribution in [0.5, 0.6) is 5.75 Å². The van der Waals surface area contributed by atoms with Gasteiger partial charge < -0.3 is 14.6 Å². The summed E-state index contributed by atoms with van der Waals surface area (Å²) in [5, 5.41) is 9.79. The van der Waals surface area contributed by atoms with Gasteiger partial charge in [-0.25, -0.2) is 4.39 Å². The van der Waals surface area contributed by atoms with Gasteiger partial charge in [0, 0.05) is 18.4 Å². The molecule has 1 heterocycles. The van der Waals surface area contributed by atoms with Crippen molar-refractivity contribution >= 4 is 0 Å². The molecule has 0 amide bonds. The standard InChI is InChI=1S/C17H23FO3/c1-12(19)15-10-13(18)4-5-16(15)21-14-6-9-20-17(11-14)7-2-3-8-17/h4-5,10,12,14,19H,2-3,6-9,11H2,1H3. The number of ether oxygens (including phenoxy) is 2. The van der Waals surface area contributed by atoms with E-state index in [1.165, 1.54) is 25.0 Å². The quantitative estimate of drug-likeness (QED) is 0.922. The maximum atomic E-state index is 13.3. The zero-order valence-corrected chi connectivity index (χ0v) is 12.5. The highest BCUT2D eigenvalue weighted by Crippen LogP contribution is 2.41. The van der Waals surface area contributed by atoms with E-state index in [2.05, 4.69) is 0 Å².